The van der Waals surface area contributed by atoms with Crippen molar-refractivity contribution in [3.63, 3.8) is 0 Å². The van der Waals surface area contributed by atoms with Gasteiger partial charge in [-0.3, -0.25) is 4.79 Å². The summed E-state index contributed by atoms with van der Waals surface area (Å²) in [6, 6.07) is 18.9. The maximum atomic E-state index is 11.7. The van der Waals surface area contributed by atoms with Crippen molar-refractivity contribution in [1.82, 2.24) is 4.98 Å². The minimum absolute atomic E-state index is 0. The Balaban J connectivity index is 0.000000269. The second-order valence-corrected chi connectivity index (χ2v) is 14.5. The fraction of sp³-hybridized carbons (Fsp3) is 0.429. The van der Waals surface area contributed by atoms with Gasteiger partial charge in [-0.25, -0.2) is 0 Å². The summed E-state index contributed by atoms with van der Waals surface area (Å²) in [6.45, 7) is 21.6. The van der Waals surface area contributed by atoms with Crippen molar-refractivity contribution < 1.29 is 34.4 Å². The van der Waals surface area contributed by atoms with Crippen LogP contribution in [0.3, 0.4) is 0 Å². The average Bonchev–Trinajstić information content (AvgIpc) is 3.39. The number of carbonyl (C=O) groups excluding carboxylic acids is 1. The Kier molecular flexibility index (Phi) is 10.9. The molecule has 2 aromatic heterocycles. The van der Waals surface area contributed by atoms with Gasteiger partial charge in [0.15, 0.2) is 5.78 Å². The molecule has 2 heterocycles. The molecule has 0 atom stereocenters. The molecule has 0 spiro atoms. The van der Waals surface area contributed by atoms with Crippen molar-refractivity contribution in [2.75, 3.05) is 0 Å². The SMILES string of the molecule is CCC(CC)C(=O)/C=C(\O)C(CC)CC.Cc1cnc2c3c1oc1c(C(C)(C)C)ccc(c13)C(C)(C)c1c-2[c-]cc2ccccc12.[Ir]. The van der Waals surface area contributed by atoms with Crippen LogP contribution in [-0.2, 0) is 35.7 Å². The third-order valence-corrected chi connectivity index (χ3v) is 10.1. The number of rotatable bonds is 7. The van der Waals surface area contributed by atoms with Gasteiger partial charge >= 0.3 is 0 Å². The van der Waals surface area contributed by atoms with Crippen molar-refractivity contribution in [1.29, 1.82) is 0 Å². The van der Waals surface area contributed by atoms with E-state index >= 15 is 0 Å². The second-order valence-electron chi connectivity index (χ2n) is 14.5. The number of hydrogen-bond donors (Lipinski definition) is 1. The molecule has 0 saturated carbocycles. The van der Waals surface area contributed by atoms with Crippen LogP contribution in [0.15, 0.2) is 64.9 Å². The van der Waals surface area contributed by atoms with Gasteiger partial charge in [0.1, 0.15) is 11.2 Å². The average molecular weight is 809 g/mol. The first kappa shape index (κ1) is 36.6. The molecule has 6 rings (SSSR count). The minimum Gasteiger partial charge on any atom is -0.512 e. The fourth-order valence-corrected chi connectivity index (χ4v) is 7.25. The molecule has 0 fully saturated rings. The van der Waals surface area contributed by atoms with Gasteiger partial charge in [-0.2, -0.15) is 0 Å². The number of aryl methyl sites for hydroxylation is 1. The molecule has 1 aliphatic carbocycles. The number of pyridine rings is 1. The number of furan rings is 1. The molecule has 1 aliphatic rings. The molecule has 0 bridgehead atoms. The van der Waals surface area contributed by atoms with Crippen LogP contribution in [0.25, 0.3) is 44.0 Å². The van der Waals surface area contributed by atoms with Crippen LogP contribution in [0.5, 0.6) is 0 Å². The number of nitrogens with zero attached hydrogens (tertiary/aromatic N) is 1. The van der Waals surface area contributed by atoms with Gasteiger partial charge in [-0.05, 0) is 49.0 Å². The van der Waals surface area contributed by atoms with E-state index in [0.29, 0.717) is 0 Å². The Labute approximate surface area is 294 Å². The van der Waals surface area contributed by atoms with E-state index in [4.69, 9.17) is 9.40 Å². The van der Waals surface area contributed by atoms with E-state index in [2.05, 4.69) is 90.1 Å². The van der Waals surface area contributed by atoms with Crippen molar-refractivity contribution in [2.24, 2.45) is 11.8 Å². The van der Waals surface area contributed by atoms with Crippen LogP contribution < -0.4 is 0 Å². The van der Waals surface area contributed by atoms with Crippen LogP contribution in [0, 0.1) is 24.8 Å². The van der Waals surface area contributed by atoms with Crippen LogP contribution in [0.2, 0.25) is 0 Å². The number of aromatic nitrogens is 1. The van der Waals surface area contributed by atoms with Gasteiger partial charge in [0.05, 0.1) is 5.76 Å². The Morgan fingerprint density at radius 2 is 1.60 bits per heavy atom. The largest absolute Gasteiger partial charge is 0.512 e. The first-order chi connectivity index (χ1) is 21.8. The first-order valence-electron chi connectivity index (χ1n) is 17.0. The van der Waals surface area contributed by atoms with Crippen LogP contribution >= 0.6 is 0 Å². The van der Waals surface area contributed by atoms with Gasteiger partial charge in [-0.1, -0.05) is 109 Å². The Morgan fingerprint density at radius 1 is 0.957 bits per heavy atom. The van der Waals surface area contributed by atoms with Gasteiger partial charge in [-0.15, -0.1) is 23.3 Å². The number of carbonyl (C=O) groups is 1. The summed E-state index contributed by atoms with van der Waals surface area (Å²) in [5.74, 6) is 0.547. The maximum Gasteiger partial charge on any atom is 0.162 e. The summed E-state index contributed by atoms with van der Waals surface area (Å²) in [7, 11) is 0. The summed E-state index contributed by atoms with van der Waals surface area (Å²) in [4.78, 5) is 16.7. The number of fused-ring (bicyclic) bond motifs is 4. The summed E-state index contributed by atoms with van der Waals surface area (Å²) >= 11 is 0. The number of aliphatic hydroxyl groups is 1. The predicted molar refractivity (Wildman–Crippen MR) is 193 cm³/mol. The molecule has 251 valence electrons. The summed E-state index contributed by atoms with van der Waals surface area (Å²) in [6.07, 6.45) is 6.85. The molecule has 5 aromatic rings. The molecule has 47 heavy (non-hydrogen) atoms. The molecule has 0 amide bonds. The molecule has 1 radical (unpaired) electrons. The van der Waals surface area contributed by atoms with Crippen LogP contribution in [-0.4, -0.2) is 15.9 Å². The van der Waals surface area contributed by atoms with Crippen LogP contribution in [0.4, 0.5) is 0 Å². The second kappa shape index (κ2) is 14.1. The number of aliphatic hydroxyl groups excluding tert-OH is 1. The smallest absolute Gasteiger partial charge is 0.162 e. The van der Waals surface area contributed by atoms with Gasteiger partial charge in [0.25, 0.3) is 0 Å². The number of hydrogen-bond acceptors (Lipinski definition) is 4. The van der Waals surface area contributed by atoms with Crippen LogP contribution in [0.1, 0.15) is 110 Å². The minimum atomic E-state index is -0.229. The maximum absolute atomic E-state index is 11.7. The zero-order valence-corrected chi connectivity index (χ0v) is 32.1. The normalized spacial score (nSPS) is 13.9. The third kappa shape index (κ3) is 6.46. The molecule has 0 unspecified atom stereocenters. The van der Waals surface area contributed by atoms with Crippen molar-refractivity contribution >= 4 is 38.5 Å². The standard InChI is InChI=1S/C29H26NO.C13H24O2.Ir/c1-16-15-30-25-19-12-11-17-9-7-8-10-18(17)24(19)29(5,6)20-13-14-21(28(2,3)4)27-22(20)23(25)26(16)31-27;1-5-10(6-2)12(14)9-13(15)11(7-3)8-4;/h7-11,13-15H,1-6H3;9-11,14H,5-8H2,1-4H3;/q-1;;/b;12-9-;. The van der Waals surface area contributed by atoms with E-state index in [1.165, 1.54) is 38.9 Å². The monoisotopic (exact) mass is 809 g/mol. The van der Waals surface area contributed by atoms with E-state index in [1.807, 2.05) is 33.9 Å². The van der Waals surface area contributed by atoms with Gasteiger partial charge in [0.2, 0.25) is 0 Å². The first-order valence-corrected chi connectivity index (χ1v) is 17.0. The zero-order chi connectivity index (χ0) is 33.6. The molecule has 3 aromatic carbocycles. The quantitative estimate of drug-likeness (QED) is 0.101. The van der Waals surface area contributed by atoms with E-state index < -0.39 is 0 Å². The topological polar surface area (TPSA) is 63.3 Å². The van der Waals surface area contributed by atoms with Crippen molar-refractivity contribution in [3.05, 3.63) is 88.8 Å². The number of ketones is 1. The van der Waals surface area contributed by atoms with Crippen molar-refractivity contribution in [2.45, 2.75) is 106 Å². The Hall–Kier alpha value is -3.27. The molecular weight excluding hydrogens is 759 g/mol. The predicted octanol–water partition coefficient (Wildman–Crippen LogP) is 11.7. The van der Waals surface area contributed by atoms with E-state index in [-0.39, 0.29) is 54.3 Å². The molecule has 0 saturated heterocycles. The molecular formula is C42H50IrNO3-. The summed E-state index contributed by atoms with van der Waals surface area (Å²) in [5.41, 5.74) is 8.68. The van der Waals surface area contributed by atoms with E-state index in [9.17, 15) is 9.90 Å². The molecule has 1 N–H and O–H groups in total. The van der Waals surface area contributed by atoms with Gasteiger partial charge < -0.3 is 14.5 Å². The Morgan fingerprint density at radius 3 is 2.21 bits per heavy atom. The molecule has 4 nitrogen and oxygen atoms in total. The zero-order valence-electron chi connectivity index (χ0n) is 29.7. The fourth-order valence-electron chi connectivity index (χ4n) is 7.25. The number of allylic oxidation sites excluding steroid dienone is 2. The van der Waals surface area contributed by atoms with Gasteiger partial charge in [0, 0.05) is 71.8 Å². The molecule has 0 aliphatic heterocycles. The Bertz CT molecular complexity index is 1950. The van der Waals surface area contributed by atoms with E-state index in [0.717, 1.165) is 59.1 Å². The molecule has 5 heteroatoms. The summed E-state index contributed by atoms with van der Waals surface area (Å²) < 4.78 is 6.64. The van der Waals surface area contributed by atoms with Crippen molar-refractivity contribution in [3.8, 4) is 11.3 Å². The third-order valence-electron chi connectivity index (χ3n) is 10.1. The summed E-state index contributed by atoms with van der Waals surface area (Å²) in [5, 5.41) is 14.6. The van der Waals surface area contributed by atoms with E-state index in [1.54, 1.807) is 0 Å². The number of benzene rings is 3.